The third-order valence-corrected chi connectivity index (χ3v) is 6.37. The molecule has 34 heavy (non-hydrogen) atoms. The van der Waals surface area contributed by atoms with Gasteiger partial charge in [0.25, 0.3) is 5.91 Å². The molecule has 2 aliphatic heterocycles. The van der Waals surface area contributed by atoms with Crippen molar-refractivity contribution in [1.82, 2.24) is 9.80 Å². The normalized spacial score (nSPS) is 19.9. The van der Waals surface area contributed by atoms with Crippen LogP contribution in [0.15, 0.2) is 42.5 Å². The molecule has 2 saturated heterocycles. The van der Waals surface area contributed by atoms with E-state index < -0.39 is 23.8 Å². The molecule has 0 bridgehead atoms. The topological polar surface area (TPSA) is 91.0 Å². The Hall–Kier alpha value is -3.17. The summed E-state index contributed by atoms with van der Waals surface area (Å²) in [4.78, 5) is 41.4. The summed E-state index contributed by atoms with van der Waals surface area (Å²) in [6, 6.07) is 9.26. The van der Waals surface area contributed by atoms with E-state index in [0.29, 0.717) is 23.8 Å². The molecule has 2 aliphatic rings. The third-order valence-electron chi connectivity index (χ3n) is 6.12. The first-order valence-corrected chi connectivity index (χ1v) is 11.5. The first kappa shape index (κ1) is 24.0. The highest BCUT2D eigenvalue weighted by atomic mass is 35.5. The second-order valence-electron chi connectivity index (χ2n) is 8.38. The number of anilines is 2. The fourth-order valence-electron chi connectivity index (χ4n) is 4.24. The highest BCUT2D eigenvalue weighted by molar-refractivity contribution is 6.30. The molecule has 0 spiro atoms. The molecular formula is C24H26ClFN4O4. The van der Waals surface area contributed by atoms with Gasteiger partial charge in [0.1, 0.15) is 11.9 Å². The molecule has 8 nitrogen and oxygen atoms in total. The maximum Gasteiger partial charge on any atom is 0.322 e. The number of carbonyl (C=O) groups excluding carboxylic acids is 3. The summed E-state index contributed by atoms with van der Waals surface area (Å²) < 4.78 is 20.1. The van der Waals surface area contributed by atoms with Crippen LogP contribution in [0.2, 0.25) is 5.02 Å². The van der Waals surface area contributed by atoms with Crippen molar-refractivity contribution < 1.29 is 23.5 Å². The molecule has 10 heteroatoms. The Morgan fingerprint density at radius 2 is 1.76 bits per heavy atom. The number of nitrogens with zero attached hydrogens (tertiary/aromatic N) is 2. The van der Waals surface area contributed by atoms with E-state index in [9.17, 15) is 18.8 Å². The number of hydrogen-bond acceptors (Lipinski definition) is 4. The molecular weight excluding hydrogens is 463 g/mol. The lowest BCUT2D eigenvalue weighted by molar-refractivity contribution is -0.119. The van der Waals surface area contributed by atoms with Crippen LogP contribution in [-0.4, -0.2) is 66.5 Å². The smallest absolute Gasteiger partial charge is 0.322 e. The molecule has 4 amide bonds. The number of likely N-dealkylation sites (tertiary alicyclic amines) is 2. The molecule has 2 unspecified atom stereocenters. The summed E-state index contributed by atoms with van der Waals surface area (Å²) >= 11 is 5.88. The standard InChI is InChI=1S/C24H26ClFN4O4/c1-34-18-13-21(30(14-18)24(33)27-17-7-5-16(25)6-8-17)22(31)28-20-9-4-15(12-19(20)26)23(32)29-10-2-3-11-29/h4-9,12,18,21H,2-3,10-11,13-14H2,1H3,(H,27,33)(H,28,31). The number of ether oxygens (including phenoxy) is 1. The number of benzene rings is 2. The molecule has 2 N–H and O–H groups in total. The Bertz CT molecular complexity index is 1080. The van der Waals surface area contributed by atoms with Gasteiger partial charge < -0.3 is 25.2 Å². The fraction of sp³-hybridized carbons (Fsp3) is 0.375. The van der Waals surface area contributed by atoms with Gasteiger partial charge in [-0.1, -0.05) is 11.6 Å². The minimum absolute atomic E-state index is 0.0538. The summed E-state index contributed by atoms with van der Waals surface area (Å²) in [6.45, 7) is 1.53. The molecule has 0 aliphatic carbocycles. The number of methoxy groups -OCH3 is 1. The van der Waals surface area contributed by atoms with Crippen molar-refractivity contribution >= 4 is 40.8 Å². The minimum Gasteiger partial charge on any atom is -0.380 e. The van der Waals surface area contributed by atoms with Crippen molar-refractivity contribution in [2.45, 2.75) is 31.4 Å². The van der Waals surface area contributed by atoms with Crippen molar-refractivity contribution in [1.29, 1.82) is 0 Å². The lowest BCUT2D eigenvalue weighted by Crippen LogP contribution is -2.45. The SMILES string of the molecule is COC1CC(C(=O)Nc2ccc(C(=O)N3CCCC3)cc2F)N(C(=O)Nc2ccc(Cl)cc2)C1. The van der Waals surface area contributed by atoms with Gasteiger partial charge in [-0.05, 0) is 55.3 Å². The molecule has 2 fully saturated rings. The number of nitrogens with one attached hydrogen (secondary N) is 2. The fourth-order valence-corrected chi connectivity index (χ4v) is 4.36. The number of amides is 4. The summed E-state index contributed by atoms with van der Waals surface area (Å²) in [6.07, 6.45) is 1.81. The third kappa shape index (κ3) is 5.31. The second-order valence-corrected chi connectivity index (χ2v) is 8.82. The van der Waals surface area contributed by atoms with Crippen LogP contribution in [0, 0.1) is 5.82 Å². The van der Waals surface area contributed by atoms with Gasteiger partial charge in [0.2, 0.25) is 5.91 Å². The van der Waals surface area contributed by atoms with E-state index in [0.717, 1.165) is 18.9 Å². The Labute approximate surface area is 202 Å². The summed E-state index contributed by atoms with van der Waals surface area (Å²) in [5.41, 5.74) is 0.710. The zero-order chi connectivity index (χ0) is 24.2. The summed E-state index contributed by atoms with van der Waals surface area (Å²) in [5.74, 6) is -1.47. The van der Waals surface area contributed by atoms with Gasteiger partial charge >= 0.3 is 6.03 Å². The predicted molar refractivity (Wildman–Crippen MR) is 127 cm³/mol. The van der Waals surface area contributed by atoms with Gasteiger partial charge in [-0.3, -0.25) is 9.59 Å². The van der Waals surface area contributed by atoms with Gasteiger partial charge in [-0.25, -0.2) is 9.18 Å². The van der Waals surface area contributed by atoms with Gasteiger partial charge in [0, 0.05) is 49.4 Å². The molecule has 0 saturated carbocycles. The highest BCUT2D eigenvalue weighted by Gasteiger charge is 2.40. The van der Waals surface area contributed by atoms with Gasteiger partial charge in [0.05, 0.1) is 11.8 Å². The van der Waals surface area contributed by atoms with Crippen molar-refractivity contribution in [3.63, 3.8) is 0 Å². The zero-order valence-corrected chi connectivity index (χ0v) is 19.5. The number of halogens is 2. The first-order valence-electron chi connectivity index (χ1n) is 11.1. The zero-order valence-electron chi connectivity index (χ0n) is 18.7. The molecule has 2 heterocycles. The molecule has 180 valence electrons. The van der Waals surface area contributed by atoms with Gasteiger partial charge in [-0.15, -0.1) is 0 Å². The average Bonchev–Trinajstić information content (AvgIpc) is 3.52. The van der Waals surface area contributed by atoms with E-state index in [1.54, 1.807) is 29.2 Å². The van der Waals surface area contributed by atoms with Crippen LogP contribution in [0.5, 0.6) is 0 Å². The molecule has 4 rings (SSSR count). The largest absolute Gasteiger partial charge is 0.380 e. The number of urea groups is 1. The molecule has 0 radical (unpaired) electrons. The van der Waals surface area contributed by atoms with Crippen LogP contribution in [0.1, 0.15) is 29.6 Å². The Morgan fingerprint density at radius 1 is 1.06 bits per heavy atom. The van der Waals surface area contributed by atoms with Gasteiger partial charge in [0.15, 0.2) is 0 Å². The van der Waals surface area contributed by atoms with E-state index >= 15 is 0 Å². The van der Waals surface area contributed by atoms with Crippen LogP contribution in [0.4, 0.5) is 20.6 Å². The quantitative estimate of drug-likeness (QED) is 0.666. The van der Waals surface area contributed by atoms with Gasteiger partial charge in [-0.2, -0.15) is 0 Å². The Morgan fingerprint density at radius 3 is 2.41 bits per heavy atom. The maximum absolute atomic E-state index is 14.7. The minimum atomic E-state index is -0.859. The van der Waals surface area contributed by atoms with E-state index in [1.807, 2.05) is 0 Å². The first-order chi connectivity index (χ1) is 16.4. The average molecular weight is 489 g/mol. The van der Waals surface area contributed by atoms with Crippen LogP contribution in [0.3, 0.4) is 0 Å². The summed E-state index contributed by atoms with van der Waals surface area (Å²) in [5, 5.41) is 5.83. The van der Waals surface area contributed by atoms with E-state index in [-0.39, 0.29) is 36.2 Å². The van der Waals surface area contributed by atoms with Crippen LogP contribution in [0.25, 0.3) is 0 Å². The second kappa shape index (κ2) is 10.4. The van der Waals surface area contributed by atoms with Crippen LogP contribution >= 0.6 is 11.6 Å². The van der Waals surface area contributed by atoms with E-state index in [1.165, 1.54) is 24.1 Å². The lowest BCUT2D eigenvalue weighted by Gasteiger charge is -2.24. The summed E-state index contributed by atoms with van der Waals surface area (Å²) in [7, 11) is 1.51. The highest BCUT2D eigenvalue weighted by Crippen LogP contribution is 2.25. The Kier molecular flexibility index (Phi) is 7.33. The molecule has 2 aromatic rings. The van der Waals surface area contributed by atoms with Crippen molar-refractivity contribution in [3.8, 4) is 0 Å². The van der Waals surface area contributed by atoms with Crippen molar-refractivity contribution in [2.24, 2.45) is 0 Å². The maximum atomic E-state index is 14.7. The molecule has 2 atom stereocenters. The van der Waals surface area contributed by atoms with Crippen molar-refractivity contribution in [2.75, 3.05) is 37.4 Å². The molecule has 0 aromatic heterocycles. The van der Waals surface area contributed by atoms with Crippen molar-refractivity contribution in [3.05, 3.63) is 58.9 Å². The van der Waals surface area contributed by atoms with Crippen LogP contribution in [-0.2, 0) is 9.53 Å². The van der Waals surface area contributed by atoms with E-state index in [4.69, 9.17) is 16.3 Å². The Balaban J connectivity index is 1.45. The molecule has 2 aromatic carbocycles. The number of hydrogen-bond donors (Lipinski definition) is 2. The monoisotopic (exact) mass is 488 g/mol. The lowest BCUT2D eigenvalue weighted by atomic mass is 10.1. The van der Waals surface area contributed by atoms with Crippen LogP contribution < -0.4 is 10.6 Å². The van der Waals surface area contributed by atoms with E-state index in [2.05, 4.69) is 10.6 Å². The number of rotatable bonds is 5. The predicted octanol–water partition coefficient (Wildman–Crippen LogP) is 3.98. The number of carbonyl (C=O) groups is 3.